The topological polar surface area (TPSA) is 21.6 Å². The lowest BCUT2D eigenvalue weighted by Gasteiger charge is -2.08. The molecule has 2 nitrogen and oxygen atoms in total. The predicted octanol–water partition coefficient (Wildman–Crippen LogP) is 5.53. The molecule has 0 spiro atoms. The summed E-state index contributed by atoms with van der Waals surface area (Å²) < 4.78 is 18.2. The highest BCUT2D eigenvalue weighted by Gasteiger charge is 2.16. The van der Waals surface area contributed by atoms with Gasteiger partial charge in [-0.2, -0.15) is 0 Å². The van der Waals surface area contributed by atoms with Crippen molar-refractivity contribution in [1.29, 1.82) is 0 Å². The largest absolute Gasteiger partial charge is 0.497 e. The van der Waals surface area contributed by atoms with E-state index >= 15 is 0 Å². The van der Waals surface area contributed by atoms with E-state index in [9.17, 15) is 4.39 Å². The summed E-state index contributed by atoms with van der Waals surface area (Å²) in [5.74, 6) is 0.657. The first-order valence-electron chi connectivity index (χ1n) is 8.44. The quantitative estimate of drug-likeness (QED) is 0.594. The molecule has 1 aliphatic rings. The molecule has 0 amide bonds. The summed E-state index contributed by atoms with van der Waals surface area (Å²) in [5, 5.41) is 0. The van der Waals surface area contributed by atoms with Crippen molar-refractivity contribution in [2.24, 2.45) is 4.99 Å². The highest BCUT2D eigenvalue weighted by atomic mass is 32.2. The Morgan fingerprint density at radius 1 is 0.962 bits per heavy atom. The number of hydrogen-bond acceptors (Lipinski definition) is 3. The molecule has 0 aliphatic carbocycles. The van der Waals surface area contributed by atoms with Crippen molar-refractivity contribution in [1.82, 2.24) is 0 Å². The third-order valence-corrected chi connectivity index (χ3v) is 5.41. The maximum absolute atomic E-state index is 13.0. The predicted molar refractivity (Wildman–Crippen MR) is 104 cm³/mol. The Kier molecular flexibility index (Phi) is 4.76. The van der Waals surface area contributed by atoms with E-state index in [0.29, 0.717) is 0 Å². The van der Waals surface area contributed by atoms with Crippen molar-refractivity contribution < 1.29 is 9.13 Å². The summed E-state index contributed by atoms with van der Waals surface area (Å²) in [5.41, 5.74) is 4.83. The van der Waals surface area contributed by atoms with Gasteiger partial charge in [-0.1, -0.05) is 30.0 Å². The molecule has 0 N–H and O–H groups in total. The van der Waals surface area contributed by atoms with Crippen LogP contribution in [0.5, 0.6) is 5.75 Å². The maximum atomic E-state index is 13.0. The molecule has 0 saturated heterocycles. The smallest absolute Gasteiger partial charge is 0.123 e. The zero-order valence-corrected chi connectivity index (χ0v) is 15.2. The minimum absolute atomic E-state index is 0.208. The fraction of sp³-hybridized carbons (Fsp3) is 0.136. The molecule has 1 heterocycles. The van der Waals surface area contributed by atoms with Crippen LogP contribution in [0.1, 0.15) is 16.7 Å². The van der Waals surface area contributed by atoms with Crippen molar-refractivity contribution in [3.8, 4) is 5.75 Å². The van der Waals surface area contributed by atoms with E-state index in [2.05, 4.69) is 30.3 Å². The van der Waals surface area contributed by atoms with Crippen LogP contribution in [0.4, 0.5) is 4.39 Å². The summed E-state index contributed by atoms with van der Waals surface area (Å²) in [4.78, 5) is 6.91. The second-order valence-electron chi connectivity index (χ2n) is 6.16. The lowest BCUT2D eigenvalue weighted by Crippen LogP contribution is -2.03. The van der Waals surface area contributed by atoms with Crippen LogP contribution in [0.3, 0.4) is 0 Å². The number of rotatable bonds is 5. The van der Waals surface area contributed by atoms with Crippen LogP contribution < -0.4 is 4.74 Å². The normalized spacial score (nSPS) is 12.6. The minimum atomic E-state index is -0.208. The molecular weight excluding hydrogens is 345 g/mol. The molecule has 0 fully saturated rings. The fourth-order valence-corrected chi connectivity index (χ4v) is 3.92. The first-order valence-corrected chi connectivity index (χ1v) is 9.26. The van der Waals surface area contributed by atoms with Crippen molar-refractivity contribution in [2.75, 3.05) is 7.11 Å². The van der Waals surface area contributed by atoms with Crippen molar-refractivity contribution in [2.45, 2.75) is 22.8 Å². The molecule has 0 unspecified atom stereocenters. The van der Waals surface area contributed by atoms with E-state index in [-0.39, 0.29) is 5.82 Å². The van der Waals surface area contributed by atoms with E-state index in [1.165, 1.54) is 28.8 Å². The summed E-state index contributed by atoms with van der Waals surface area (Å²) >= 11 is 1.64. The fourth-order valence-electron chi connectivity index (χ4n) is 3.04. The van der Waals surface area contributed by atoms with Crippen LogP contribution in [0, 0.1) is 5.82 Å². The minimum Gasteiger partial charge on any atom is -0.497 e. The second-order valence-corrected chi connectivity index (χ2v) is 7.31. The molecule has 4 heteroatoms. The van der Waals surface area contributed by atoms with Gasteiger partial charge < -0.3 is 4.74 Å². The van der Waals surface area contributed by atoms with Gasteiger partial charge in [0.15, 0.2) is 0 Å². The monoisotopic (exact) mass is 363 g/mol. The number of ether oxygens (including phenoxy) is 1. The Hall–Kier alpha value is -2.59. The third kappa shape index (κ3) is 3.65. The molecular formula is C22H18FNOS. The van der Waals surface area contributed by atoms with Crippen LogP contribution in [0.2, 0.25) is 0 Å². The van der Waals surface area contributed by atoms with Gasteiger partial charge in [0.1, 0.15) is 11.6 Å². The zero-order valence-electron chi connectivity index (χ0n) is 14.4. The van der Waals surface area contributed by atoms with Crippen LogP contribution in [0.25, 0.3) is 0 Å². The van der Waals surface area contributed by atoms with Gasteiger partial charge in [0.05, 0.1) is 13.7 Å². The number of methoxy groups -OCH3 is 1. The SMILES string of the molecule is COc1ccc(CC2=NCc3cc(Sc4ccc(F)cc4)ccc32)cc1. The number of nitrogens with zero attached hydrogens (tertiary/aromatic N) is 1. The average molecular weight is 363 g/mol. The van der Waals surface area contributed by atoms with Crippen molar-refractivity contribution in [3.63, 3.8) is 0 Å². The van der Waals surface area contributed by atoms with Gasteiger partial charge in [-0.15, -0.1) is 0 Å². The van der Waals surface area contributed by atoms with Gasteiger partial charge in [0.25, 0.3) is 0 Å². The second kappa shape index (κ2) is 7.34. The van der Waals surface area contributed by atoms with Crippen molar-refractivity contribution >= 4 is 17.5 Å². The summed E-state index contributed by atoms with van der Waals surface area (Å²) in [6.45, 7) is 0.721. The highest BCUT2D eigenvalue weighted by molar-refractivity contribution is 7.99. The standard InChI is InChI=1S/C22H18FNOS/c1-25-18-6-2-15(3-7-18)12-22-21-11-10-20(13-16(21)14-24-22)26-19-8-4-17(23)5-9-19/h2-11,13H,12,14H2,1H3. The van der Waals surface area contributed by atoms with Crippen LogP contribution in [0.15, 0.2) is 81.5 Å². The van der Waals surface area contributed by atoms with Gasteiger partial charge in [-0.3, -0.25) is 4.99 Å². The zero-order chi connectivity index (χ0) is 17.9. The molecule has 0 atom stereocenters. The maximum Gasteiger partial charge on any atom is 0.123 e. The average Bonchev–Trinajstić information content (AvgIpc) is 3.06. The molecule has 0 aromatic heterocycles. The van der Waals surface area contributed by atoms with Crippen LogP contribution in [-0.2, 0) is 13.0 Å². The first-order chi connectivity index (χ1) is 12.7. The van der Waals surface area contributed by atoms with Crippen LogP contribution >= 0.6 is 11.8 Å². The van der Waals surface area contributed by atoms with Gasteiger partial charge >= 0.3 is 0 Å². The van der Waals surface area contributed by atoms with Gasteiger partial charge in [-0.05, 0) is 59.7 Å². The molecule has 3 aromatic carbocycles. The first kappa shape index (κ1) is 16.9. The number of fused-ring (bicyclic) bond motifs is 1. The Balaban J connectivity index is 1.49. The number of benzene rings is 3. The van der Waals surface area contributed by atoms with E-state index in [1.54, 1.807) is 31.0 Å². The van der Waals surface area contributed by atoms with Crippen LogP contribution in [-0.4, -0.2) is 12.8 Å². The summed E-state index contributed by atoms with van der Waals surface area (Å²) in [6.07, 6.45) is 0.821. The number of aliphatic imine (C=N–C) groups is 1. The Morgan fingerprint density at radius 3 is 2.42 bits per heavy atom. The molecule has 130 valence electrons. The Morgan fingerprint density at radius 2 is 1.69 bits per heavy atom. The Labute approximate surface area is 156 Å². The summed E-state index contributed by atoms with van der Waals surface area (Å²) in [7, 11) is 1.67. The summed E-state index contributed by atoms with van der Waals surface area (Å²) in [6, 6.07) is 21.2. The molecule has 0 saturated carbocycles. The Bertz CT molecular complexity index is 949. The van der Waals surface area contributed by atoms with E-state index < -0.39 is 0 Å². The lowest BCUT2D eigenvalue weighted by molar-refractivity contribution is 0.414. The van der Waals surface area contributed by atoms with Crippen molar-refractivity contribution in [3.05, 3.63) is 89.2 Å². The van der Waals surface area contributed by atoms with E-state index in [1.807, 2.05) is 12.1 Å². The molecule has 3 aromatic rings. The lowest BCUT2D eigenvalue weighted by atomic mass is 10.0. The molecule has 4 rings (SSSR count). The number of hydrogen-bond donors (Lipinski definition) is 0. The molecule has 0 radical (unpaired) electrons. The molecule has 0 bridgehead atoms. The highest BCUT2D eigenvalue weighted by Crippen LogP contribution is 2.31. The van der Waals surface area contributed by atoms with E-state index in [0.717, 1.165) is 34.2 Å². The third-order valence-electron chi connectivity index (χ3n) is 4.41. The molecule has 26 heavy (non-hydrogen) atoms. The van der Waals surface area contributed by atoms with Gasteiger partial charge in [0.2, 0.25) is 0 Å². The van der Waals surface area contributed by atoms with Gasteiger partial charge in [-0.25, -0.2) is 4.39 Å². The molecule has 1 aliphatic heterocycles. The number of halogens is 1. The van der Waals surface area contributed by atoms with E-state index in [4.69, 9.17) is 9.73 Å². The van der Waals surface area contributed by atoms with Gasteiger partial charge in [0, 0.05) is 27.5 Å².